The highest BCUT2D eigenvalue weighted by Crippen LogP contribution is 2.43. The Labute approximate surface area is 217 Å². The third kappa shape index (κ3) is 4.52. The standard InChI is InChI=1S/C25H25FN3O4PS2/c1-5-35-23-28-20-19(22(30)29-23)13-10-32-9-12(13)18(21(20)34)17-11-8-16(27-24(31)33-25(2,3)4)36-15(11)7-6-14(17)26/h6-8H,5,9-10,34H2,1-4H3,(H,27,31)(H,28,29,30). The van der Waals surface area contributed by atoms with Crippen LogP contribution in [0.2, 0.25) is 0 Å². The Balaban J connectivity index is 1.73. The second-order valence-corrected chi connectivity index (χ2v) is 12.3. The fourth-order valence-electron chi connectivity index (χ4n) is 4.38. The van der Waals surface area contributed by atoms with Crippen LogP contribution in [0.3, 0.4) is 0 Å². The summed E-state index contributed by atoms with van der Waals surface area (Å²) in [6, 6.07) is 4.87. The molecule has 11 heteroatoms. The largest absolute Gasteiger partial charge is 0.444 e. The number of nitrogens with one attached hydrogen (secondary N) is 2. The number of amides is 1. The van der Waals surface area contributed by atoms with Crippen molar-refractivity contribution in [2.24, 2.45) is 0 Å². The van der Waals surface area contributed by atoms with Gasteiger partial charge in [0.05, 0.1) is 29.1 Å². The first-order valence-corrected chi connectivity index (χ1v) is 13.8. The first kappa shape index (κ1) is 25.1. The number of rotatable bonds is 4. The van der Waals surface area contributed by atoms with Gasteiger partial charge in [-0.25, -0.2) is 14.2 Å². The van der Waals surface area contributed by atoms with Crippen LogP contribution in [0.1, 0.15) is 38.8 Å². The molecule has 5 rings (SSSR count). The lowest BCUT2D eigenvalue weighted by molar-refractivity contribution is 0.0636. The maximum Gasteiger partial charge on any atom is 0.412 e. The SMILES string of the molecule is CCSc1nc2c(P)c(-c3c(F)ccc4sc(NC(=O)OC(C)(C)C)cc34)c3c(c2c(=O)[nH]1)COC3. The molecule has 4 aromatic rings. The van der Waals surface area contributed by atoms with Crippen molar-refractivity contribution >= 4 is 69.7 Å². The average molecular weight is 546 g/mol. The number of carbonyl (C=O) groups excluding carboxylic acids is 1. The van der Waals surface area contributed by atoms with Gasteiger partial charge in [0, 0.05) is 26.5 Å². The van der Waals surface area contributed by atoms with Crippen LogP contribution in [-0.4, -0.2) is 27.4 Å². The minimum absolute atomic E-state index is 0.231. The Morgan fingerprint density at radius 3 is 2.78 bits per heavy atom. The van der Waals surface area contributed by atoms with Gasteiger partial charge in [-0.05, 0) is 55.9 Å². The molecular formula is C25H25FN3O4PS2. The Bertz CT molecular complexity index is 1590. The molecule has 2 aromatic carbocycles. The first-order valence-electron chi connectivity index (χ1n) is 11.4. The molecule has 1 aliphatic rings. The van der Waals surface area contributed by atoms with Crippen LogP contribution in [0.25, 0.3) is 32.1 Å². The number of hydrogen-bond acceptors (Lipinski definition) is 7. The van der Waals surface area contributed by atoms with E-state index in [0.29, 0.717) is 42.9 Å². The van der Waals surface area contributed by atoms with Crippen molar-refractivity contribution in [2.75, 3.05) is 11.1 Å². The van der Waals surface area contributed by atoms with Crippen LogP contribution in [0.4, 0.5) is 14.2 Å². The number of H-pyrrole nitrogens is 1. The third-order valence-corrected chi connectivity index (χ3v) is 8.02. The summed E-state index contributed by atoms with van der Waals surface area (Å²) < 4.78 is 27.5. The Kier molecular flexibility index (Phi) is 6.57. The van der Waals surface area contributed by atoms with Gasteiger partial charge in [0.15, 0.2) is 5.16 Å². The van der Waals surface area contributed by atoms with Crippen molar-refractivity contribution in [3.05, 3.63) is 45.5 Å². The van der Waals surface area contributed by atoms with E-state index < -0.39 is 17.5 Å². The molecule has 0 bridgehead atoms. The van der Waals surface area contributed by atoms with E-state index in [9.17, 15) is 9.59 Å². The predicted octanol–water partition coefficient (Wildman–Crippen LogP) is 5.93. The molecule has 0 saturated carbocycles. The van der Waals surface area contributed by atoms with Gasteiger partial charge < -0.3 is 14.5 Å². The smallest absolute Gasteiger partial charge is 0.412 e. The molecule has 1 unspecified atom stereocenters. The molecule has 0 saturated heterocycles. The summed E-state index contributed by atoms with van der Waals surface area (Å²) >= 11 is 2.77. The summed E-state index contributed by atoms with van der Waals surface area (Å²) in [5.41, 5.74) is 2.18. The number of aromatic amines is 1. The number of nitrogens with zero attached hydrogens (tertiary/aromatic N) is 1. The average Bonchev–Trinajstić information content (AvgIpc) is 3.40. The van der Waals surface area contributed by atoms with Gasteiger partial charge in [-0.2, -0.15) is 0 Å². The second-order valence-electron chi connectivity index (χ2n) is 9.34. The molecule has 1 amide bonds. The number of hydrogen-bond donors (Lipinski definition) is 2. The maximum absolute atomic E-state index is 15.6. The molecule has 188 valence electrons. The van der Waals surface area contributed by atoms with Crippen molar-refractivity contribution in [1.82, 2.24) is 9.97 Å². The molecule has 7 nitrogen and oxygen atoms in total. The molecule has 1 aliphatic heterocycles. The second kappa shape index (κ2) is 9.41. The van der Waals surface area contributed by atoms with E-state index in [1.54, 1.807) is 32.9 Å². The molecule has 36 heavy (non-hydrogen) atoms. The lowest BCUT2D eigenvalue weighted by Crippen LogP contribution is -2.26. The van der Waals surface area contributed by atoms with Gasteiger partial charge >= 0.3 is 6.09 Å². The monoisotopic (exact) mass is 545 g/mol. The summed E-state index contributed by atoms with van der Waals surface area (Å²) in [5.74, 6) is 0.340. The number of halogens is 1. The molecule has 0 radical (unpaired) electrons. The zero-order valence-electron chi connectivity index (χ0n) is 20.2. The van der Waals surface area contributed by atoms with Crippen molar-refractivity contribution in [2.45, 2.75) is 51.7 Å². The van der Waals surface area contributed by atoms with Crippen LogP contribution < -0.4 is 16.2 Å². The molecule has 2 N–H and O–H groups in total. The number of thiophene rings is 1. The number of carbonyl (C=O) groups is 1. The van der Waals surface area contributed by atoms with E-state index in [2.05, 4.69) is 19.5 Å². The van der Waals surface area contributed by atoms with Crippen molar-refractivity contribution < 1.29 is 18.7 Å². The fraction of sp³-hybridized carbons (Fsp3) is 0.320. The van der Waals surface area contributed by atoms with E-state index in [4.69, 9.17) is 14.5 Å². The molecular weight excluding hydrogens is 520 g/mol. The summed E-state index contributed by atoms with van der Waals surface area (Å²) in [4.78, 5) is 32.9. The summed E-state index contributed by atoms with van der Waals surface area (Å²) in [5, 5.41) is 5.57. The van der Waals surface area contributed by atoms with Crippen molar-refractivity contribution in [3.63, 3.8) is 0 Å². The topological polar surface area (TPSA) is 93.3 Å². The van der Waals surface area contributed by atoms with E-state index in [1.165, 1.54) is 29.2 Å². The third-order valence-electron chi connectivity index (χ3n) is 5.69. The summed E-state index contributed by atoms with van der Waals surface area (Å²) in [6.07, 6.45) is -0.577. The Morgan fingerprint density at radius 2 is 2.06 bits per heavy atom. The Hall–Kier alpha value is -2.52. The van der Waals surface area contributed by atoms with Gasteiger partial charge in [0.25, 0.3) is 5.56 Å². The number of anilines is 1. The number of benzene rings is 2. The molecule has 3 heterocycles. The zero-order chi connectivity index (χ0) is 25.8. The normalized spacial score (nSPS) is 13.4. The van der Waals surface area contributed by atoms with Crippen molar-refractivity contribution in [1.29, 1.82) is 0 Å². The van der Waals surface area contributed by atoms with Gasteiger partial charge in [-0.3, -0.25) is 10.1 Å². The summed E-state index contributed by atoms with van der Waals surface area (Å²) in [7, 11) is 2.66. The van der Waals surface area contributed by atoms with E-state index in [0.717, 1.165) is 21.6 Å². The van der Waals surface area contributed by atoms with Gasteiger partial charge in [0.1, 0.15) is 11.4 Å². The Morgan fingerprint density at radius 1 is 1.31 bits per heavy atom. The van der Waals surface area contributed by atoms with E-state index in [-0.39, 0.29) is 18.8 Å². The number of aromatic nitrogens is 2. The number of thioether (sulfide) groups is 1. The highest BCUT2D eigenvalue weighted by molar-refractivity contribution is 7.99. The lowest BCUT2D eigenvalue weighted by atomic mass is 9.92. The molecule has 0 spiro atoms. The fourth-order valence-corrected chi connectivity index (χ4v) is 6.46. The minimum atomic E-state index is -0.641. The van der Waals surface area contributed by atoms with Crippen LogP contribution in [0.15, 0.2) is 28.2 Å². The molecule has 1 atom stereocenters. The molecule has 2 aromatic heterocycles. The summed E-state index contributed by atoms with van der Waals surface area (Å²) in [6.45, 7) is 7.86. The van der Waals surface area contributed by atoms with E-state index >= 15 is 4.39 Å². The van der Waals surface area contributed by atoms with E-state index in [1.807, 2.05) is 6.92 Å². The number of fused-ring (bicyclic) bond motifs is 4. The first-order chi connectivity index (χ1) is 17.1. The van der Waals surface area contributed by atoms with Gasteiger partial charge in [-0.1, -0.05) is 18.7 Å². The van der Waals surface area contributed by atoms with Crippen LogP contribution >= 0.6 is 32.3 Å². The molecule has 0 aliphatic carbocycles. The van der Waals surface area contributed by atoms with Gasteiger partial charge in [-0.15, -0.1) is 20.6 Å². The lowest BCUT2D eigenvalue weighted by Gasteiger charge is -2.19. The van der Waals surface area contributed by atoms with Crippen LogP contribution in [-0.2, 0) is 22.7 Å². The van der Waals surface area contributed by atoms with Crippen LogP contribution in [0.5, 0.6) is 0 Å². The minimum Gasteiger partial charge on any atom is -0.444 e. The quantitative estimate of drug-likeness (QED) is 0.188. The number of ether oxygens (including phenoxy) is 2. The van der Waals surface area contributed by atoms with Crippen LogP contribution in [0, 0.1) is 5.82 Å². The highest BCUT2D eigenvalue weighted by Gasteiger charge is 2.28. The molecule has 0 fully saturated rings. The predicted molar refractivity (Wildman–Crippen MR) is 147 cm³/mol. The maximum atomic E-state index is 15.6. The zero-order valence-corrected chi connectivity index (χ0v) is 23.0. The highest BCUT2D eigenvalue weighted by atomic mass is 32.2. The van der Waals surface area contributed by atoms with Crippen molar-refractivity contribution in [3.8, 4) is 11.1 Å². The van der Waals surface area contributed by atoms with Gasteiger partial charge in [0.2, 0.25) is 0 Å².